The van der Waals surface area contributed by atoms with Crippen molar-refractivity contribution in [2.24, 2.45) is 5.73 Å². The first-order chi connectivity index (χ1) is 10.1. The van der Waals surface area contributed by atoms with Gasteiger partial charge in [0.2, 0.25) is 10.0 Å². The first-order valence-corrected chi connectivity index (χ1v) is 8.28. The quantitative estimate of drug-likeness (QED) is 0.623. The molecule has 0 aliphatic carbocycles. The number of rotatable bonds is 9. The van der Waals surface area contributed by atoms with Crippen molar-refractivity contribution in [2.45, 2.75) is 30.8 Å². The molecule has 2 rings (SSSR count). The monoisotopic (exact) mass is 312 g/mol. The molecule has 0 fully saturated rings. The highest BCUT2D eigenvalue weighted by atomic mass is 32.2. The Kier molecular flexibility index (Phi) is 5.48. The average Bonchev–Trinajstić information content (AvgIpc) is 3.10. The summed E-state index contributed by atoms with van der Waals surface area (Å²) in [6.07, 6.45) is 9.82. The Morgan fingerprint density at radius 1 is 1.29 bits per heavy atom. The van der Waals surface area contributed by atoms with E-state index in [1.807, 2.05) is 10.8 Å². The van der Waals surface area contributed by atoms with Crippen LogP contribution in [0.5, 0.6) is 0 Å². The predicted molar refractivity (Wildman–Crippen MR) is 77.9 cm³/mol. The number of nitrogens with two attached hydrogens (primary N) is 1. The minimum absolute atomic E-state index is 0.172. The molecule has 0 spiro atoms. The Balaban J connectivity index is 1.75. The van der Waals surface area contributed by atoms with Crippen molar-refractivity contribution in [1.82, 2.24) is 24.1 Å². The molecule has 0 atom stereocenters. The fraction of sp³-hybridized carbons (Fsp3) is 0.500. The molecule has 0 aromatic carbocycles. The van der Waals surface area contributed by atoms with Crippen LogP contribution in [0.4, 0.5) is 0 Å². The molecule has 0 bridgehead atoms. The molecule has 0 unspecified atom stereocenters. The van der Waals surface area contributed by atoms with Gasteiger partial charge < -0.3 is 10.3 Å². The SMILES string of the molecule is NCCn1cc(S(=O)(=O)NCCCCn2ccnc2)cn1. The highest BCUT2D eigenvalue weighted by molar-refractivity contribution is 7.89. The largest absolute Gasteiger partial charge is 0.337 e. The lowest BCUT2D eigenvalue weighted by atomic mass is 10.3. The van der Waals surface area contributed by atoms with Crippen molar-refractivity contribution in [2.75, 3.05) is 13.1 Å². The van der Waals surface area contributed by atoms with Gasteiger partial charge in [0.1, 0.15) is 4.90 Å². The molecule has 0 amide bonds. The first kappa shape index (κ1) is 15.7. The third kappa shape index (κ3) is 4.66. The van der Waals surface area contributed by atoms with Crippen molar-refractivity contribution in [1.29, 1.82) is 0 Å². The lowest BCUT2D eigenvalue weighted by Crippen LogP contribution is -2.24. The molecule has 2 aromatic heterocycles. The van der Waals surface area contributed by atoms with E-state index in [1.54, 1.807) is 12.5 Å². The molecule has 116 valence electrons. The summed E-state index contributed by atoms with van der Waals surface area (Å²) in [6, 6.07) is 0. The zero-order valence-corrected chi connectivity index (χ0v) is 12.5. The summed E-state index contributed by atoms with van der Waals surface area (Å²) in [5, 5.41) is 3.96. The Hall–Kier alpha value is -1.71. The molecule has 0 aliphatic heterocycles. The summed E-state index contributed by atoms with van der Waals surface area (Å²) in [4.78, 5) is 4.12. The smallest absolute Gasteiger partial charge is 0.243 e. The van der Waals surface area contributed by atoms with Gasteiger partial charge in [-0.1, -0.05) is 0 Å². The third-order valence-corrected chi connectivity index (χ3v) is 4.39. The Morgan fingerprint density at radius 3 is 2.86 bits per heavy atom. The first-order valence-electron chi connectivity index (χ1n) is 6.80. The van der Waals surface area contributed by atoms with Crippen LogP contribution in [0.25, 0.3) is 0 Å². The maximum atomic E-state index is 12.0. The second-order valence-electron chi connectivity index (χ2n) is 4.63. The molecule has 2 heterocycles. The number of nitrogens with one attached hydrogen (secondary N) is 1. The van der Waals surface area contributed by atoms with Crippen LogP contribution in [0.15, 0.2) is 36.0 Å². The molecular formula is C12H20N6O2S. The number of imidazole rings is 1. The van der Waals surface area contributed by atoms with Gasteiger partial charge in [-0.15, -0.1) is 0 Å². The van der Waals surface area contributed by atoms with Crippen molar-refractivity contribution in [3.05, 3.63) is 31.1 Å². The van der Waals surface area contributed by atoms with Gasteiger partial charge in [0.05, 0.1) is 19.1 Å². The summed E-state index contributed by atoms with van der Waals surface area (Å²) < 4.78 is 30.1. The lowest BCUT2D eigenvalue weighted by molar-refractivity contribution is 0.565. The van der Waals surface area contributed by atoms with Gasteiger partial charge in [-0.05, 0) is 12.8 Å². The van der Waals surface area contributed by atoms with E-state index in [9.17, 15) is 8.42 Å². The van der Waals surface area contributed by atoms with Crippen LogP contribution in [0.1, 0.15) is 12.8 Å². The Morgan fingerprint density at radius 2 is 2.14 bits per heavy atom. The number of aromatic nitrogens is 4. The van der Waals surface area contributed by atoms with E-state index in [4.69, 9.17) is 5.73 Å². The van der Waals surface area contributed by atoms with E-state index in [2.05, 4.69) is 14.8 Å². The predicted octanol–water partition coefficient (Wildman–Crippen LogP) is -0.203. The van der Waals surface area contributed by atoms with E-state index in [-0.39, 0.29) is 4.90 Å². The molecule has 0 aliphatic rings. The van der Waals surface area contributed by atoms with Crippen LogP contribution >= 0.6 is 0 Å². The van der Waals surface area contributed by atoms with Gasteiger partial charge in [0, 0.05) is 38.2 Å². The molecule has 2 aromatic rings. The molecular weight excluding hydrogens is 292 g/mol. The average molecular weight is 312 g/mol. The summed E-state index contributed by atoms with van der Waals surface area (Å²) in [5.41, 5.74) is 5.40. The van der Waals surface area contributed by atoms with Gasteiger partial charge in [-0.3, -0.25) is 4.68 Å². The number of hydrogen-bond donors (Lipinski definition) is 2. The molecule has 0 radical (unpaired) electrons. The second-order valence-corrected chi connectivity index (χ2v) is 6.40. The van der Waals surface area contributed by atoms with E-state index in [0.717, 1.165) is 19.4 Å². The van der Waals surface area contributed by atoms with Gasteiger partial charge in [0.25, 0.3) is 0 Å². The number of unbranched alkanes of at least 4 members (excludes halogenated alkanes) is 1. The van der Waals surface area contributed by atoms with Crippen molar-refractivity contribution >= 4 is 10.0 Å². The van der Waals surface area contributed by atoms with E-state index < -0.39 is 10.0 Å². The maximum absolute atomic E-state index is 12.0. The van der Waals surface area contributed by atoms with Crippen molar-refractivity contribution in [3.8, 4) is 0 Å². The summed E-state index contributed by atoms with van der Waals surface area (Å²) in [6.45, 7) is 2.15. The Labute approximate surface area is 124 Å². The van der Waals surface area contributed by atoms with Crippen LogP contribution in [-0.4, -0.2) is 40.8 Å². The van der Waals surface area contributed by atoms with Crippen LogP contribution in [0, 0.1) is 0 Å². The summed E-state index contributed by atoms with van der Waals surface area (Å²) >= 11 is 0. The summed E-state index contributed by atoms with van der Waals surface area (Å²) in [5.74, 6) is 0. The molecule has 3 N–H and O–H groups in total. The number of sulfonamides is 1. The van der Waals surface area contributed by atoms with E-state index in [1.165, 1.54) is 17.1 Å². The fourth-order valence-corrected chi connectivity index (χ4v) is 2.89. The molecule has 0 saturated carbocycles. The topological polar surface area (TPSA) is 108 Å². The minimum Gasteiger partial charge on any atom is -0.337 e. The highest BCUT2D eigenvalue weighted by Crippen LogP contribution is 2.07. The van der Waals surface area contributed by atoms with Gasteiger partial charge in [0.15, 0.2) is 0 Å². The normalized spacial score (nSPS) is 11.9. The van der Waals surface area contributed by atoms with Crippen LogP contribution in [0.2, 0.25) is 0 Å². The summed E-state index contributed by atoms with van der Waals surface area (Å²) in [7, 11) is -3.49. The molecule has 8 nitrogen and oxygen atoms in total. The van der Waals surface area contributed by atoms with Crippen LogP contribution < -0.4 is 10.5 Å². The molecule has 21 heavy (non-hydrogen) atoms. The van der Waals surface area contributed by atoms with Crippen LogP contribution in [-0.2, 0) is 23.1 Å². The minimum atomic E-state index is -3.49. The second kappa shape index (κ2) is 7.34. The maximum Gasteiger partial charge on any atom is 0.243 e. The van der Waals surface area contributed by atoms with Crippen LogP contribution in [0.3, 0.4) is 0 Å². The number of nitrogens with zero attached hydrogens (tertiary/aromatic N) is 4. The molecule has 9 heteroatoms. The Bertz CT molecular complexity index is 635. The van der Waals surface area contributed by atoms with Gasteiger partial charge >= 0.3 is 0 Å². The third-order valence-electron chi connectivity index (χ3n) is 2.97. The van der Waals surface area contributed by atoms with Crippen molar-refractivity contribution < 1.29 is 8.42 Å². The lowest BCUT2D eigenvalue weighted by Gasteiger charge is -2.05. The highest BCUT2D eigenvalue weighted by Gasteiger charge is 2.15. The number of aryl methyl sites for hydroxylation is 1. The van der Waals surface area contributed by atoms with Gasteiger partial charge in [-0.2, -0.15) is 5.10 Å². The van der Waals surface area contributed by atoms with E-state index >= 15 is 0 Å². The number of hydrogen-bond acceptors (Lipinski definition) is 5. The zero-order valence-electron chi connectivity index (χ0n) is 11.7. The van der Waals surface area contributed by atoms with Crippen molar-refractivity contribution in [3.63, 3.8) is 0 Å². The van der Waals surface area contributed by atoms with E-state index in [0.29, 0.717) is 19.6 Å². The fourth-order valence-electron chi connectivity index (χ4n) is 1.87. The molecule has 0 saturated heterocycles. The van der Waals surface area contributed by atoms with Gasteiger partial charge in [-0.25, -0.2) is 18.1 Å². The zero-order chi connectivity index (χ0) is 15.1. The standard InChI is InChI=1S/C12H20N6O2S/c13-3-7-18-10-12(9-15-18)21(19,20)16-4-1-2-6-17-8-5-14-11-17/h5,8-11,16H,1-4,6-7,13H2.